The lowest BCUT2D eigenvalue weighted by atomic mass is 9.87. The summed E-state index contributed by atoms with van der Waals surface area (Å²) in [5, 5.41) is 8.36. The van der Waals surface area contributed by atoms with Crippen LogP contribution in [0.3, 0.4) is 0 Å². The second-order valence-corrected chi connectivity index (χ2v) is 7.14. The second-order valence-electron chi connectivity index (χ2n) is 7.14. The van der Waals surface area contributed by atoms with Gasteiger partial charge in [-0.3, -0.25) is 9.69 Å². The number of likely N-dealkylation sites (N-methyl/N-ethyl adjacent to an activating group) is 1. The van der Waals surface area contributed by atoms with Gasteiger partial charge in [0.1, 0.15) is 11.6 Å². The molecule has 0 fully saturated rings. The zero-order valence-corrected chi connectivity index (χ0v) is 15.0. The van der Waals surface area contributed by atoms with E-state index in [1.165, 1.54) is 11.1 Å². The molecule has 0 saturated carbocycles. The van der Waals surface area contributed by atoms with Crippen LogP contribution in [0.5, 0.6) is 0 Å². The summed E-state index contributed by atoms with van der Waals surface area (Å²) in [6.07, 6.45) is 3.31. The molecule has 1 aliphatic heterocycles. The molecule has 2 aliphatic rings. The molecule has 1 aliphatic carbocycles. The Labute approximate surface area is 148 Å². The summed E-state index contributed by atoms with van der Waals surface area (Å²) in [6, 6.07) is 8.74. The largest absolute Gasteiger partial charge is 0.338 e. The van der Waals surface area contributed by atoms with Crippen LogP contribution in [0, 0.1) is 6.92 Å². The quantitative estimate of drug-likeness (QED) is 0.857. The van der Waals surface area contributed by atoms with Gasteiger partial charge in [0.2, 0.25) is 5.91 Å². The number of aromatic nitrogens is 3. The van der Waals surface area contributed by atoms with Gasteiger partial charge in [0.15, 0.2) is 0 Å². The molecule has 1 atom stereocenters. The van der Waals surface area contributed by atoms with Gasteiger partial charge in [0, 0.05) is 20.1 Å². The van der Waals surface area contributed by atoms with Crippen molar-refractivity contribution < 1.29 is 4.79 Å². The molecule has 1 aromatic heterocycles. The Morgan fingerprint density at radius 1 is 1.28 bits per heavy atom. The van der Waals surface area contributed by atoms with E-state index >= 15 is 0 Å². The van der Waals surface area contributed by atoms with E-state index in [1.807, 2.05) is 18.9 Å². The van der Waals surface area contributed by atoms with E-state index in [1.54, 1.807) is 0 Å². The first-order valence-corrected chi connectivity index (χ1v) is 9.08. The molecule has 0 saturated heterocycles. The fraction of sp³-hybridized carbons (Fsp3) is 0.526. The van der Waals surface area contributed by atoms with Crippen molar-refractivity contribution in [1.29, 1.82) is 0 Å². The van der Waals surface area contributed by atoms with E-state index < -0.39 is 0 Å². The third-order valence-corrected chi connectivity index (χ3v) is 5.57. The summed E-state index contributed by atoms with van der Waals surface area (Å²) >= 11 is 0. The Bertz CT molecular complexity index is 784. The predicted molar refractivity (Wildman–Crippen MR) is 94.9 cm³/mol. The normalized spacial score (nSPS) is 20.0. The van der Waals surface area contributed by atoms with E-state index in [9.17, 15) is 4.79 Å². The molecule has 1 aromatic carbocycles. The Hall–Kier alpha value is -2.21. The predicted octanol–water partition coefficient (Wildman–Crippen LogP) is 1.94. The molecular formula is C19H25N5O. The number of fused-ring (bicyclic) bond motifs is 2. The zero-order chi connectivity index (χ0) is 17.4. The number of benzene rings is 1. The first kappa shape index (κ1) is 16.3. The summed E-state index contributed by atoms with van der Waals surface area (Å²) in [7, 11) is 1.95. The van der Waals surface area contributed by atoms with Crippen LogP contribution in [-0.2, 0) is 24.3 Å². The molecule has 0 bridgehead atoms. The highest BCUT2D eigenvalue weighted by Crippen LogP contribution is 2.33. The van der Waals surface area contributed by atoms with Crippen molar-refractivity contribution >= 4 is 5.91 Å². The summed E-state index contributed by atoms with van der Waals surface area (Å²) in [5.74, 6) is 2.10. The van der Waals surface area contributed by atoms with Crippen LogP contribution in [0.2, 0.25) is 0 Å². The van der Waals surface area contributed by atoms with E-state index in [0.29, 0.717) is 13.1 Å². The third kappa shape index (κ3) is 3.06. The molecule has 1 amide bonds. The van der Waals surface area contributed by atoms with Gasteiger partial charge in [0.25, 0.3) is 0 Å². The molecule has 2 heterocycles. The van der Waals surface area contributed by atoms with Crippen LogP contribution in [-0.4, -0.2) is 50.6 Å². The van der Waals surface area contributed by atoms with Crippen molar-refractivity contribution in [3.63, 3.8) is 0 Å². The number of hydrogen-bond donors (Lipinski definition) is 0. The smallest absolute Gasteiger partial charge is 0.237 e. The molecule has 2 aromatic rings. The van der Waals surface area contributed by atoms with Crippen LogP contribution >= 0.6 is 0 Å². The van der Waals surface area contributed by atoms with Gasteiger partial charge in [-0.25, -0.2) is 0 Å². The monoisotopic (exact) mass is 339 g/mol. The topological polar surface area (TPSA) is 54.3 Å². The molecule has 6 heteroatoms. The Morgan fingerprint density at radius 3 is 3.00 bits per heavy atom. The van der Waals surface area contributed by atoms with Crippen molar-refractivity contribution in [1.82, 2.24) is 24.6 Å². The van der Waals surface area contributed by atoms with Crippen LogP contribution in [0.15, 0.2) is 24.3 Å². The minimum atomic E-state index is 0.186. The number of nitrogens with zero attached hydrogens (tertiary/aromatic N) is 5. The molecule has 0 radical (unpaired) electrons. The molecule has 25 heavy (non-hydrogen) atoms. The molecule has 6 nitrogen and oxygen atoms in total. The van der Waals surface area contributed by atoms with E-state index in [-0.39, 0.29) is 11.9 Å². The number of carbonyl (C=O) groups is 1. The van der Waals surface area contributed by atoms with Crippen LogP contribution in [0.25, 0.3) is 0 Å². The highest BCUT2D eigenvalue weighted by Gasteiger charge is 2.28. The van der Waals surface area contributed by atoms with Crippen LogP contribution in [0.1, 0.15) is 41.7 Å². The van der Waals surface area contributed by atoms with Crippen LogP contribution in [0.4, 0.5) is 0 Å². The highest BCUT2D eigenvalue weighted by molar-refractivity contribution is 5.78. The molecule has 132 valence electrons. The lowest BCUT2D eigenvalue weighted by molar-refractivity contribution is -0.134. The van der Waals surface area contributed by atoms with Crippen LogP contribution < -0.4 is 0 Å². The van der Waals surface area contributed by atoms with Crippen molar-refractivity contribution in [2.24, 2.45) is 0 Å². The Balaban J connectivity index is 1.44. The zero-order valence-electron chi connectivity index (χ0n) is 15.0. The van der Waals surface area contributed by atoms with E-state index in [0.717, 1.165) is 44.0 Å². The average molecular weight is 339 g/mol. The van der Waals surface area contributed by atoms with Gasteiger partial charge < -0.3 is 9.47 Å². The third-order valence-electron chi connectivity index (χ3n) is 5.57. The summed E-state index contributed by atoms with van der Waals surface area (Å²) in [5.41, 5.74) is 2.71. The lowest BCUT2D eigenvalue weighted by Gasteiger charge is -2.35. The van der Waals surface area contributed by atoms with Crippen molar-refractivity contribution in [2.75, 3.05) is 20.1 Å². The number of hydrogen-bond acceptors (Lipinski definition) is 4. The van der Waals surface area contributed by atoms with Gasteiger partial charge in [-0.1, -0.05) is 24.3 Å². The van der Waals surface area contributed by atoms with Gasteiger partial charge in [0.05, 0.1) is 19.1 Å². The van der Waals surface area contributed by atoms with Gasteiger partial charge in [-0.2, -0.15) is 0 Å². The standard InChI is InChI=1S/C19H25N5O/c1-14-20-21-18-12-23(10-11-24(14)18)13-19(25)22(2)17-9-5-7-15-6-3-4-8-16(15)17/h3-4,6,8,17H,5,7,9-13H2,1-2H3/t17-/m1/s1. The van der Waals surface area contributed by atoms with E-state index in [2.05, 4.69) is 43.9 Å². The molecule has 4 rings (SSSR count). The number of rotatable bonds is 3. The maximum absolute atomic E-state index is 12.9. The summed E-state index contributed by atoms with van der Waals surface area (Å²) in [6.45, 7) is 4.85. The molecule has 0 spiro atoms. The van der Waals surface area contributed by atoms with Crippen molar-refractivity contribution in [3.05, 3.63) is 47.0 Å². The number of amides is 1. The lowest BCUT2D eigenvalue weighted by Crippen LogP contribution is -2.43. The molecule has 0 N–H and O–H groups in total. The SMILES string of the molecule is Cc1nnc2n1CCN(CC(=O)N(C)[C@@H]1CCCc3ccccc31)C2. The molecular weight excluding hydrogens is 314 g/mol. The fourth-order valence-corrected chi connectivity index (χ4v) is 4.10. The maximum Gasteiger partial charge on any atom is 0.237 e. The highest BCUT2D eigenvalue weighted by atomic mass is 16.2. The van der Waals surface area contributed by atoms with Gasteiger partial charge in [-0.15, -0.1) is 10.2 Å². The minimum absolute atomic E-state index is 0.186. The number of carbonyl (C=O) groups excluding carboxylic acids is 1. The Morgan fingerprint density at radius 2 is 2.12 bits per heavy atom. The first-order valence-electron chi connectivity index (χ1n) is 9.08. The average Bonchev–Trinajstić information content (AvgIpc) is 3.01. The van der Waals surface area contributed by atoms with Crippen molar-refractivity contribution in [2.45, 2.75) is 45.3 Å². The van der Waals surface area contributed by atoms with E-state index in [4.69, 9.17) is 0 Å². The number of aryl methyl sites for hydroxylation is 2. The van der Waals surface area contributed by atoms with Gasteiger partial charge >= 0.3 is 0 Å². The maximum atomic E-state index is 12.9. The first-order chi connectivity index (χ1) is 12.1. The minimum Gasteiger partial charge on any atom is -0.338 e. The van der Waals surface area contributed by atoms with Gasteiger partial charge in [-0.05, 0) is 37.3 Å². The second kappa shape index (κ2) is 6.59. The summed E-state index contributed by atoms with van der Waals surface area (Å²) < 4.78 is 2.14. The molecule has 0 unspecified atom stereocenters. The Kier molecular flexibility index (Phi) is 4.29. The van der Waals surface area contributed by atoms with Crippen molar-refractivity contribution in [3.8, 4) is 0 Å². The summed E-state index contributed by atoms with van der Waals surface area (Å²) in [4.78, 5) is 17.0. The fourth-order valence-electron chi connectivity index (χ4n) is 4.10.